The van der Waals surface area contributed by atoms with Crippen molar-refractivity contribution in [3.63, 3.8) is 0 Å². The molecule has 0 rings (SSSR count). The molecule has 1 atom stereocenters. The van der Waals surface area contributed by atoms with Gasteiger partial charge < -0.3 is 4.74 Å². The summed E-state index contributed by atoms with van der Waals surface area (Å²) in [4.78, 5) is 11.4. The van der Waals surface area contributed by atoms with Crippen LogP contribution in [0.1, 0.15) is 59.3 Å². The van der Waals surface area contributed by atoms with Crippen LogP contribution in [0.2, 0.25) is 0 Å². The number of thiocarbonyl (C=S) groups is 1. The Morgan fingerprint density at radius 2 is 2.05 bits per heavy atom. The van der Waals surface area contributed by atoms with E-state index in [0.717, 1.165) is 15.7 Å². The Hall–Kier alpha value is -0.250. The van der Waals surface area contributed by atoms with Gasteiger partial charge in [0.1, 0.15) is 8.28 Å². The lowest BCUT2D eigenvalue weighted by atomic mass is 10.1. The number of nitrogens with zero attached hydrogens (tertiary/aromatic N) is 1. The number of hydrogen-bond donors (Lipinski definition) is 0. The molecule has 0 radical (unpaired) electrons. The number of ether oxygens (including phenoxy) is 1. The summed E-state index contributed by atoms with van der Waals surface area (Å²) in [6.45, 7) is 6.18. The van der Waals surface area contributed by atoms with E-state index < -0.39 is 4.75 Å². The van der Waals surface area contributed by atoms with E-state index in [4.69, 9.17) is 17.0 Å². The maximum atomic E-state index is 11.4. The molecule has 1 unspecified atom stereocenters. The first-order valence-electron chi connectivity index (χ1n) is 7.40. The summed E-state index contributed by atoms with van der Waals surface area (Å²) >= 11 is 8.37. The molecule has 0 N–H and O–H groups in total. The van der Waals surface area contributed by atoms with Gasteiger partial charge in [0.2, 0.25) is 0 Å². The number of nitriles is 1. The first kappa shape index (κ1) is 20.8. The molecule has 0 spiro atoms. The molecule has 0 saturated carbocycles. The van der Waals surface area contributed by atoms with Gasteiger partial charge in [-0.05, 0) is 32.4 Å². The van der Waals surface area contributed by atoms with Gasteiger partial charge in [-0.1, -0.05) is 50.2 Å². The highest BCUT2D eigenvalue weighted by atomic mass is 32.2. The molecule has 21 heavy (non-hydrogen) atoms. The maximum Gasteiger partial charge on any atom is 0.305 e. The Balaban J connectivity index is 4.07. The van der Waals surface area contributed by atoms with Crippen molar-refractivity contribution in [3.05, 3.63) is 0 Å². The molecule has 0 aliphatic rings. The van der Waals surface area contributed by atoms with Gasteiger partial charge in [-0.2, -0.15) is 5.26 Å². The van der Waals surface area contributed by atoms with Crippen LogP contribution in [-0.2, 0) is 9.53 Å². The Morgan fingerprint density at radius 3 is 2.62 bits per heavy atom. The SMILES string of the molecule is CCCCCCSC(=S)SC(C)(C#N)CCC(=O)OCC. The molecule has 0 saturated heterocycles. The number of rotatable bonds is 10. The average Bonchev–Trinajstić information content (AvgIpc) is 2.45. The number of esters is 1. The third-order valence-electron chi connectivity index (χ3n) is 2.87. The highest BCUT2D eigenvalue weighted by molar-refractivity contribution is 8.47. The van der Waals surface area contributed by atoms with E-state index in [-0.39, 0.29) is 12.4 Å². The first-order valence-corrected chi connectivity index (χ1v) is 9.61. The van der Waals surface area contributed by atoms with Gasteiger partial charge in [-0.25, -0.2) is 0 Å². The molecule has 0 aliphatic carbocycles. The second kappa shape index (κ2) is 12.3. The van der Waals surface area contributed by atoms with Gasteiger partial charge in [0.05, 0.1) is 12.7 Å². The van der Waals surface area contributed by atoms with Crippen molar-refractivity contribution in [1.82, 2.24) is 0 Å². The highest BCUT2D eigenvalue weighted by Crippen LogP contribution is 2.34. The van der Waals surface area contributed by atoms with Crippen LogP contribution in [0.4, 0.5) is 0 Å². The minimum Gasteiger partial charge on any atom is -0.466 e. The molecular weight excluding hydrogens is 322 g/mol. The fourth-order valence-electron chi connectivity index (χ4n) is 1.60. The minimum absolute atomic E-state index is 0.252. The van der Waals surface area contributed by atoms with Crippen LogP contribution >= 0.6 is 35.7 Å². The van der Waals surface area contributed by atoms with Crippen molar-refractivity contribution in [1.29, 1.82) is 5.26 Å². The predicted octanol–water partition coefficient (Wildman–Crippen LogP) is 4.94. The molecule has 3 nitrogen and oxygen atoms in total. The van der Waals surface area contributed by atoms with Crippen molar-refractivity contribution in [2.24, 2.45) is 0 Å². The zero-order chi connectivity index (χ0) is 16.1. The van der Waals surface area contributed by atoms with E-state index in [0.29, 0.717) is 13.0 Å². The summed E-state index contributed by atoms with van der Waals surface area (Å²) in [5.74, 6) is 0.753. The molecule has 0 aromatic heterocycles. The Bertz CT molecular complexity index is 368. The molecule has 0 heterocycles. The van der Waals surface area contributed by atoms with Crippen LogP contribution in [0, 0.1) is 11.3 Å². The van der Waals surface area contributed by atoms with Crippen LogP contribution in [-0.4, -0.2) is 26.6 Å². The third kappa shape index (κ3) is 11.0. The number of unbranched alkanes of at least 4 members (excludes halogenated alkanes) is 3. The quantitative estimate of drug-likeness (QED) is 0.317. The second-order valence-corrected chi connectivity index (χ2v) is 8.71. The van der Waals surface area contributed by atoms with E-state index in [1.54, 1.807) is 18.7 Å². The van der Waals surface area contributed by atoms with Crippen LogP contribution in [0.3, 0.4) is 0 Å². The van der Waals surface area contributed by atoms with Crippen molar-refractivity contribution < 1.29 is 9.53 Å². The van der Waals surface area contributed by atoms with Gasteiger partial charge in [0.25, 0.3) is 0 Å². The molecule has 6 heteroatoms. The van der Waals surface area contributed by atoms with Crippen molar-refractivity contribution in [2.45, 2.75) is 64.0 Å². The molecular formula is C15H25NO2S3. The lowest BCUT2D eigenvalue weighted by Gasteiger charge is -2.20. The summed E-state index contributed by atoms with van der Waals surface area (Å²) in [5, 5.41) is 9.33. The van der Waals surface area contributed by atoms with E-state index in [1.165, 1.54) is 31.0 Å². The zero-order valence-electron chi connectivity index (χ0n) is 13.1. The van der Waals surface area contributed by atoms with Gasteiger partial charge in [0.15, 0.2) is 0 Å². The molecule has 0 aliphatic heterocycles. The standard InChI is InChI=1S/C15H25NO2S3/c1-4-6-7-8-11-20-14(19)21-15(3,12-16)10-9-13(17)18-5-2/h4-11H2,1-3H3. The summed E-state index contributed by atoms with van der Waals surface area (Å²) in [6.07, 6.45) is 5.60. The Labute approximate surface area is 142 Å². The molecule has 0 amide bonds. The summed E-state index contributed by atoms with van der Waals surface area (Å²) in [7, 11) is 0. The summed E-state index contributed by atoms with van der Waals surface area (Å²) < 4.78 is 5.03. The number of hydrogen-bond acceptors (Lipinski definition) is 6. The van der Waals surface area contributed by atoms with E-state index in [1.807, 2.05) is 6.92 Å². The fraction of sp³-hybridized carbons (Fsp3) is 0.800. The van der Waals surface area contributed by atoms with E-state index >= 15 is 0 Å². The van der Waals surface area contributed by atoms with Crippen LogP contribution in [0.5, 0.6) is 0 Å². The number of thioether (sulfide) groups is 2. The Morgan fingerprint density at radius 1 is 1.33 bits per heavy atom. The molecule has 0 aromatic carbocycles. The second-order valence-electron chi connectivity index (χ2n) is 4.91. The average molecular weight is 348 g/mol. The molecule has 0 fully saturated rings. The number of carbonyl (C=O) groups is 1. The maximum absolute atomic E-state index is 11.4. The molecule has 0 bridgehead atoms. The van der Waals surface area contributed by atoms with Crippen molar-refractivity contribution >= 4 is 45.2 Å². The van der Waals surface area contributed by atoms with Gasteiger partial charge in [-0.3, -0.25) is 4.79 Å². The van der Waals surface area contributed by atoms with Crippen LogP contribution in [0.25, 0.3) is 0 Å². The van der Waals surface area contributed by atoms with Crippen molar-refractivity contribution in [3.8, 4) is 6.07 Å². The fourth-order valence-corrected chi connectivity index (χ4v) is 4.57. The van der Waals surface area contributed by atoms with Crippen LogP contribution < -0.4 is 0 Å². The topological polar surface area (TPSA) is 50.1 Å². The van der Waals surface area contributed by atoms with E-state index in [2.05, 4.69) is 13.0 Å². The largest absolute Gasteiger partial charge is 0.466 e. The van der Waals surface area contributed by atoms with Gasteiger partial charge in [-0.15, -0.1) is 11.8 Å². The molecule has 120 valence electrons. The predicted molar refractivity (Wildman–Crippen MR) is 96.7 cm³/mol. The number of carbonyl (C=O) groups excluding carboxylic acids is 1. The highest BCUT2D eigenvalue weighted by Gasteiger charge is 2.28. The zero-order valence-corrected chi connectivity index (χ0v) is 15.6. The first-order chi connectivity index (χ1) is 9.97. The van der Waals surface area contributed by atoms with Gasteiger partial charge >= 0.3 is 5.97 Å². The molecule has 0 aromatic rings. The minimum atomic E-state index is -0.653. The lowest BCUT2D eigenvalue weighted by Crippen LogP contribution is -2.21. The van der Waals surface area contributed by atoms with Crippen molar-refractivity contribution in [2.75, 3.05) is 12.4 Å². The monoisotopic (exact) mass is 347 g/mol. The lowest BCUT2D eigenvalue weighted by molar-refractivity contribution is -0.143. The van der Waals surface area contributed by atoms with Crippen LogP contribution in [0.15, 0.2) is 0 Å². The third-order valence-corrected chi connectivity index (χ3v) is 5.72. The Kier molecular flexibility index (Phi) is 12.2. The van der Waals surface area contributed by atoms with Gasteiger partial charge in [0, 0.05) is 6.42 Å². The summed E-state index contributed by atoms with van der Waals surface area (Å²) in [5.41, 5.74) is 0. The normalized spacial score (nSPS) is 13.2. The summed E-state index contributed by atoms with van der Waals surface area (Å²) in [6, 6.07) is 2.27. The van der Waals surface area contributed by atoms with E-state index in [9.17, 15) is 10.1 Å². The smallest absolute Gasteiger partial charge is 0.305 e.